The molecule has 0 saturated heterocycles. The molecule has 0 heterocycles. The third-order valence-electron chi connectivity index (χ3n) is 3.12. The molecule has 0 spiro atoms. The van der Waals surface area contributed by atoms with Gasteiger partial charge in [-0.3, -0.25) is 15.3 Å². The van der Waals surface area contributed by atoms with E-state index in [1.165, 1.54) is 24.3 Å². The first-order chi connectivity index (χ1) is 9.40. The van der Waals surface area contributed by atoms with Crippen molar-refractivity contribution in [2.75, 3.05) is 19.6 Å². The summed E-state index contributed by atoms with van der Waals surface area (Å²) >= 11 is 0. The van der Waals surface area contributed by atoms with E-state index in [1.54, 1.807) is 5.37 Å². The minimum absolute atomic E-state index is 0.0351. The topological polar surface area (TPSA) is 89.5 Å². The van der Waals surface area contributed by atoms with Crippen LogP contribution in [0.25, 0.3) is 0 Å². The van der Waals surface area contributed by atoms with Crippen molar-refractivity contribution in [3.63, 3.8) is 0 Å². The van der Waals surface area contributed by atoms with Crippen molar-refractivity contribution in [3.8, 4) is 0 Å². The lowest BCUT2D eigenvalue weighted by Crippen LogP contribution is -2.25. The van der Waals surface area contributed by atoms with Crippen molar-refractivity contribution in [1.29, 1.82) is 0 Å². The molecule has 1 atom stereocenters. The molecule has 2 N–H and O–H groups in total. The van der Waals surface area contributed by atoms with Crippen molar-refractivity contribution in [2.45, 2.75) is 25.2 Å². The molecule has 1 unspecified atom stereocenters. The Kier molecular flexibility index (Phi) is 6.12. The molecular weight excluding hydrogens is 278 g/mol. The molecule has 0 aliphatic carbocycles. The largest absolute Gasteiger partial charge is 0.304 e. The lowest BCUT2D eigenvalue weighted by atomic mass is 10.3. The van der Waals surface area contributed by atoms with E-state index in [2.05, 4.69) is 18.7 Å². The van der Waals surface area contributed by atoms with Gasteiger partial charge in [-0.1, -0.05) is 13.8 Å². The van der Waals surface area contributed by atoms with Crippen LogP contribution in [0.3, 0.4) is 0 Å². The molecule has 0 fully saturated rings. The summed E-state index contributed by atoms with van der Waals surface area (Å²) in [6, 6.07) is 5.54. The molecule has 1 aromatic carbocycles. The molecular formula is C13H21N3O3S. The number of nitro benzene ring substituents is 1. The summed E-state index contributed by atoms with van der Waals surface area (Å²) in [6.07, 6.45) is 0.619. The quantitative estimate of drug-likeness (QED) is 0.471. The molecule has 0 amide bonds. The number of nitrogens with zero attached hydrogens (tertiary/aromatic N) is 2. The average molecular weight is 299 g/mol. The van der Waals surface area contributed by atoms with Crippen molar-refractivity contribution in [2.24, 2.45) is 5.14 Å². The van der Waals surface area contributed by atoms with Crippen LogP contribution in [0.5, 0.6) is 0 Å². The summed E-state index contributed by atoms with van der Waals surface area (Å²) in [5.74, 6) is 0. The fourth-order valence-electron chi connectivity index (χ4n) is 1.83. The van der Waals surface area contributed by atoms with Crippen LogP contribution in [0.15, 0.2) is 29.2 Å². The van der Waals surface area contributed by atoms with Crippen LogP contribution in [0.1, 0.15) is 20.3 Å². The molecule has 0 saturated carbocycles. The van der Waals surface area contributed by atoms with E-state index >= 15 is 0 Å². The Balaban J connectivity index is 2.81. The van der Waals surface area contributed by atoms with Gasteiger partial charge >= 0.3 is 0 Å². The normalized spacial score (nSPS) is 14.0. The van der Waals surface area contributed by atoms with E-state index < -0.39 is 14.6 Å². The predicted octanol–water partition coefficient (Wildman–Crippen LogP) is 1.65. The van der Waals surface area contributed by atoms with Gasteiger partial charge in [0.25, 0.3) is 5.69 Å². The van der Waals surface area contributed by atoms with Crippen LogP contribution >= 0.6 is 0 Å². The van der Waals surface area contributed by atoms with Crippen LogP contribution in [-0.2, 0) is 9.71 Å². The highest BCUT2D eigenvalue weighted by Gasteiger charge is 2.09. The molecule has 1 rings (SSSR count). The van der Waals surface area contributed by atoms with Crippen molar-refractivity contribution in [3.05, 3.63) is 34.4 Å². The van der Waals surface area contributed by atoms with Crippen molar-refractivity contribution < 1.29 is 9.13 Å². The van der Waals surface area contributed by atoms with E-state index in [-0.39, 0.29) is 5.69 Å². The van der Waals surface area contributed by atoms with Gasteiger partial charge in [0.2, 0.25) is 0 Å². The lowest BCUT2D eigenvalue weighted by Gasteiger charge is -2.16. The molecule has 0 radical (unpaired) electrons. The summed E-state index contributed by atoms with van der Waals surface area (Å²) in [5.41, 5.74) is -0.0351. The molecule has 7 heteroatoms. The van der Waals surface area contributed by atoms with Gasteiger partial charge in [0.1, 0.15) is 0 Å². The van der Waals surface area contributed by atoms with Crippen LogP contribution < -0.4 is 5.14 Å². The highest BCUT2D eigenvalue weighted by molar-refractivity contribution is 7.99. The highest BCUT2D eigenvalue weighted by Crippen LogP contribution is 2.15. The average Bonchev–Trinajstić information content (AvgIpc) is 2.43. The fraction of sp³-hybridized carbons (Fsp3) is 0.462. The third-order valence-corrected chi connectivity index (χ3v) is 4.86. The SMILES string of the molecule is CCN(CC)CCC=S(N)(=O)c1ccc([N+](=O)[O-])cc1. The second-order valence-corrected chi connectivity index (χ2v) is 6.48. The van der Waals surface area contributed by atoms with Gasteiger partial charge in [-0.05, 0) is 37.0 Å². The zero-order valence-electron chi connectivity index (χ0n) is 11.8. The molecule has 0 aromatic heterocycles. The zero-order chi connectivity index (χ0) is 15.2. The maximum Gasteiger partial charge on any atom is 0.269 e. The Labute approximate surface area is 119 Å². The van der Waals surface area contributed by atoms with Gasteiger partial charge in [-0.2, -0.15) is 0 Å². The molecule has 0 bridgehead atoms. The van der Waals surface area contributed by atoms with Crippen LogP contribution in [0, 0.1) is 10.1 Å². The molecule has 112 valence electrons. The van der Waals surface area contributed by atoms with Gasteiger partial charge in [0, 0.05) is 23.6 Å². The first kappa shape index (κ1) is 16.6. The van der Waals surface area contributed by atoms with Crippen LogP contribution in [-0.4, -0.2) is 39.0 Å². The first-order valence-electron chi connectivity index (χ1n) is 6.52. The minimum Gasteiger partial charge on any atom is -0.304 e. The number of rotatable bonds is 7. The zero-order valence-corrected chi connectivity index (χ0v) is 12.6. The number of nitro groups is 1. The second kappa shape index (κ2) is 7.37. The monoisotopic (exact) mass is 299 g/mol. The van der Waals surface area contributed by atoms with Crippen molar-refractivity contribution in [1.82, 2.24) is 4.90 Å². The van der Waals surface area contributed by atoms with Gasteiger partial charge in [-0.15, -0.1) is 0 Å². The maximum atomic E-state index is 12.4. The second-order valence-electron chi connectivity index (χ2n) is 4.38. The summed E-state index contributed by atoms with van der Waals surface area (Å²) < 4.78 is 12.4. The number of benzene rings is 1. The molecule has 6 nitrogen and oxygen atoms in total. The Bertz CT molecular complexity index is 559. The van der Waals surface area contributed by atoms with Crippen molar-refractivity contribution >= 4 is 20.8 Å². The first-order valence-corrected chi connectivity index (χ1v) is 8.21. The van der Waals surface area contributed by atoms with Crippen LogP contribution in [0.4, 0.5) is 5.69 Å². The standard InChI is InChI=1S/C13H21N3O3S/c1-3-15(4-2)10-5-11-20(14,19)13-8-6-12(7-9-13)16(17)18/h6-9,11H,3-5,10H2,1-2H3,(H2,14,19). The number of non-ortho nitro benzene ring substituents is 1. The molecule has 20 heavy (non-hydrogen) atoms. The smallest absolute Gasteiger partial charge is 0.269 e. The Morgan fingerprint density at radius 3 is 2.30 bits per heavy atom. The summed E-state index contributed by atoms with van der Waals surface area (Å²) in [6.45, 7) is 6.81. The summed E-state index contributed by atoms with van der Waals surface area (Å²) in [7, 11) is -2.74. The molecule has 1 aromatic rings. The molecule has 0 aliphatic heterocycles. The van der Waals surface area contributed by atoms with E-state index in [1.807, 2.05) is 0 Å². The highest BCUT2D eigenvalue weighted by atomic mass is 32.2. The van der Waals surface area contributed by atoms with Gasteiger partial charge < -0.3 is 4.90 Å². The fourth-order valence-corrected chi connectivity index (χ4v) is 3.04. The van der Waals surface area contributed by atoms with E-state index in [4.69, 9.17) is 5.14 Å². The van der Waals surface area contributed by atoms with Gasteiger partial charge in [0.05, 0.1) is 14.6 Å². The summed E-state index contributed by atoms with van der Waals surface area (Å²) in [5, 5.41) is 18.0. The Hall–Kier alpha value is -1.44. The maximum absolute atomic E-state index is 12.4. The van der Waals surface area contributed by atoms with E-state index in [0.717, 1.165) is 19.6 Å². The summed E-state index contributed by atoms with van der Waals surface area (Å²) in [4.78, 5) is 12.7. The number of hydrogen-bond donors (Lipinski definition) is 1. The third kappa shape index (κ3) is 4.59. The minimum atomic E-state index is -2.74. The predicted molar refractivity (Wildman–Crippen MR) is 82.2 cm³/mol. The van der Waals surface area contributed by atoms with E-state index in [0.29, 0.717) is 11.3 Å². The van der Waals surface area contributed by atoms with E-state index in [9.17, 15) is 14.3 Å². The van der Waals surface area contributed by atoms with Crippen LogP contribution in [0.2, 0.25) is 0 Å². The van der Waals surface area contributed by atoms with Gasteiger partial charge in [0.15, 0.2) is 0 Å². The Morgan fingerprint density at radius 2 is 1.85 bits per heavy atom. The lowest BCUT2D eigenvalue weighted by molar-refractivity contribution is -0.384. The van der Waals surface area contributed by atoms with Gasteiger partial charge in [-0.25, -0.2) is 4.21 Å². The Morgan fingerprint density at radius 1 is 1.30 bits per heavy atom. The molecule has 0 aliphatic rings. The number of hydrogen-bond acceptors (Lipinski definition) is 4. The number of nitrogens with two attached hydrogens (primary N) is 1.